The molecule has 1 aromatic carbocycles. The fourth-order valence-corrected chi connectivity index (χ4v) is 4.14. The molecule has 1 aliphatic heterocycles. The van der Waals surface area contributed by atoms with Gasteiger partial charge in [0.05, 0.1) is 29.8 Å². The Bertz CT molecular complexity index is 1280. The Hall–Kier alpha value is -3.33. The van der Waals surface area contributed by atoms with Gasteiger partial charge < -0.3 is 19.2 Å². The highest BCUT2D eigenvalue weighted by atomic mass is 35.5. The van der Waals surface area contributed by atoms with E-state index < -0.39 is 11.2 Å². The summed E-state index contributed by atoms with van der Waals surface area (Å²) in [5.74, 6) is -0.800. The lowest BCUT2D eigenvalue weighted by molar-refractivity contribution is -0.146. The number of methoxy groups -OCH3 is 1. The summed E-state index contributed by atoms with van der Waals surface area (Å²) in [4.78, 5) is 55.0. The zero-order valence-corrected chi connectivity index (χ0v) is 17.8. The summed E-state index contributed by atoms with van der Waals surface area (Å²) in [5.41, 5.74) is -0.162. The second-order valence-corrected chi connectivity index (χ2v) is 7.95. The molecule has 0 aliphatic carbocycles. The number of ether oxygens (including phenoxy) is 1. The van der Waals surface area contributed by atoms with Gasteiger partial charge in [-0.1, -0.05) is 11.6 Å². The zero-order valence-electron chi connectivity index (χ0n) is 17.1. The molecule has 3 heterocycles. The predicted octanol–water partition coefficient (Wildman–Crippen LogP) is 1.70. The number of benzene rings is 1. The number of hydrogen-bond donors (Lipinski definition) is 1. The molecule has 1 amide bonds. The van der Waals surface area contributed by atoms with Crippen molar-refractivity contribution < 1.29 is 14.3 Å². The number of rotatable bonds is 3. The first-order valence-electron chi connectivity index (χ1n) is 9.79. The Balaban J connectivity index is 1.72. The van der Waals surface area contributed by atoms with Crippen LogP contribution in [0.25, 0.3) is 16.7 Å². The van der Waals surface area contributed by atoms with Crippen LogP contribution in [0.4, 0.5) is 0 Å². The number of fused-ring (bicyclic) bond motifs is 1. The van der Waals surface area contributed by atoms with Gasteiger partial charge in [-0.05, 0) is 37.1 Å². The quantitative estimate of drug-likeness (QED) is 0.619. The maximum absolute atomic E-state index is 13.1. The molecule has 9 nitrogen and oxygen atoms in total. The molecule has 1 fully saturated rings. The number of esters is 1. The maximum Gasteiger partial charge on any atom is 0.333 e. The van der Waals surface area contributed by atoms with Gasteiger partial charge in [-0.2, -0.15) is 0 Å². The van der Waals surface area contributed by atoms with Crippen LogP contribution >= 0.6 is 11.6 Å². The standard InChI is InChI=1S/C21H21ClN4O5/c1-24-11-15(18(27)25-9-7-12(8-10-25)20(29)31-2)16-17(24)19(28)26(21(30)23-16)14-5-3-13(22)4-6-14/h3-6,11-12H,7-10H2,1-2H3,(H,23,30). The van der Waals surface area contributed by atoms with Crippen molar-refractivity contribution in [1.82, 2.24) is 19.0 Å². The third-order valence-electron chi connectivity index (χ3n) is 5.65. The fraction of sp³-hybridized carbons (Fsp3) is 0.333. The van der Waals surface area contributed by atoms with E-state index in [2.05, 4.69) is 4.98 Å². The Labute approximate surface area is 181 Å². The van der Waals surface area contributed by atoms with Gasteiger partial charge in [0.25, 0.3) is 11.5 Å². The second-order valence-electron chi connectivity index (χ2n) is 7.51. The van der Waals surface area contributed by atoms with Crippen LogP contribution in [-0.4, -0.2) is 51.1 Å². The average Bonchev–Trinajstić information content (AvgIpc) is 3.10. The molecule has 0 atom stereocenters. The topological polar surface area (TPSA) is 106 Å². The summed E-state index contributed by atoms with van der Waals surface area (Å²) < 4.78 is 7.33. The normalized spacial score (nSPS) is 14.7. The van der Waals surface area contributed by atoms with E-state index >= 15 is 0 Å². The molecule has 10 heteroatoms. The van der Waals surface area contributed by atoms with Crippen LogP contribution < -0.4 is 11.2 Å². The van der Waals surface area contributed by atoms with E-state index in [-0.39, 0.29) is 34.4 Å². The maximum atomic E-state index is 13.1. The minimum absolute atomic E-state index is 0.197. The van der Waals surface area contributed by atoms with Gasteiger partial charge in [0.15, 0.2) is 0 Å². The van der Waals surface area contributed by atoms with Crippen LogP contribution in [0.1, 0.15) is 23.2 Å². The average molecular weight is 445 g/mol. The summed E-state index contributed by atoms with van der Waals surface area (Å²) >= 11 is 5.90. The fourth-order valence-electron chi connectivity index (χ4n) is 4.01. The van der Waals surface area contributed by atoms with E-state index in [9.17, 15) is 19.2 Å². The van der Waals surface area contributed by atoms with Crippen molar-refractivity contribution in [1.29, 1.82) is 0 Å². The molecule has 1 aliphatic rings. The molecular weight excluding hydrogens is 424 g/mol. The number of nitrogens with one attached hydrogen (secondary N) is 1. The van der Waals surface area contributed by atoms with Crippen LogP contribution in [0.3, 0.4) is 0 Å². The third-order valence-corrected chi connectivity index (χ3v) is 5.91. The van der Waals surface area contributed by atoms with E-state index in [0.717, 1.165) is 4.57 Å². The molecule has 0 unspecified atom stereocenters. The molecule has 0 radical (unpaired) electrons. The largest absolute Gasteiger partial charge is 0.469 e. The van der Waals surface area contributed by atoms with Crippen LogP contribution in [-0.2, 0) is 16.6 Å². The highest BCUT2D eigenvalue weighted by Gasteiger charge is 2.30. The van der Waals surface area contributed by atoms with Crippen molar-refractivity contribution in [2.24, 2.45) is 13.0 Å². The number of carbonyl (C=O) groups is 2. The molecule has 3 aromatic rings. The first-order valence-corrected chi connectivity index (χ1v) is 10.2. The number of nitrogens with zero attached hydrogens (tertiary/aromatic N) is 3. The molecular formula is C21H21ClN4O5. The molecule has 162 valence electrons. The highest BCUT2D eigenvalue weighted by Crippen LogP contribution is 2.23. The number of likely N-dealkylation sites (tertiary alicyclic amines) is 1. The predicted molar refractivity (Wildman–Crippen MR) is 115 cm³/mol. The minimum Gasteiger partial charge on any atom is -0.469 e. The highest BCUT2D eigenvalue weighted by molar-refractivity contribution is 6.30. The van der Waals surface area contributed by atoms with Gasteiger partial charge in [0, 0.05) is 31.4 Å². The number of H-pyrrole nitrogens is 1. The van der Waals surface area contributed by atoms with Gasteiger partial charge in [-0.3, -0.25) is 14.4 Å². The van der Waals surface area contributed by atoms with Gasteiger partial charge in [0.2, 0.25) is 0 Å². The minimum atomic E-state index is -0.649. The van der Waals surface area contributed by atoms with E-state index in [4.69, 9.17) is 16.3 Å². The number of hydrogen-bond acceptors (Lipinski definition) is 5. The Morgan fingerprint density at radius 2 is 1.77 bits per heavy atom. The number of aromatic amines is 1. The van der Waals surface area contributed by atoms with Gasteiger partial charge in [-0.25, -0.2) is 9.36 Å². The van der Waals surface area contributed by atoms with Gasteiger partial charge in [-0.15, -0.1) is 0 Å². The lowest BCUT2D eigenvalue weighted by Crippen LogP contribution is -2.40. The van der Waals surface area contributed by atoms with Gasteiger partial charge in [0.1, 0.15) is 5.52 Å². The number of piperidine rings is 1. The zero-order chi connectivity index (χ0) is 22.3. The molecule has 4 rings (SSSR count). The summed E-state index contributed by atoms with van der Waals surface area (Å²) in [6, 6.07) is 6.33. The first-order chi connectivity index (χ1) is 14.8. The molecule has 1 N–H and O–H groups in total. The summed E-state index contributed by atoms with van der Waals surface area (Å²) in [6.45, 7) is 0.780. The van der Waals surface area contributed by atoms with Crippen LogP contribution in [0.15, 0.2) is 40.1 Å². The van der Waals surface area contributed by atoms with Crippen molar-refractivity contribution in [3.8, 4) is 5.69 Å². The van der Waals surface area contributed by atoms with E-state index in [1.165, 1.54) is 11.7 Å². The molecule has 2 aromatic heterocycles. The Morgan fingerprint density at radius 1 is 1.13 bits per heavy atom. The Kier molecular flexibility index (Phi) is 5.45. The van der Waals surface area contributed by atoms with Crippen molar-refractivity contribution in [2.75, 3.05) is 20.2 Å². The van der Waals surface area contributed by atoms with Crippen LogP contribution in [0.2, 0.25) is 5.02 Å². The van der Waals surface area contributed by atoms with E-state index in [1.807, 2.05) is 0 Å². The summed E-state index contributed by atoms with van der Waals surface area (Å²) in [5, 5.41) is 0.483. The molecule has 0 bridgehead atoms. The molecule has 1 saturated heterocycles. The summed E-state index contributed by atoms with van der Waals surface area (Å²) in [7, 11) is 3.00. The molecule has 0 saturated carbocycles. The SMILES string of the molecule is COC(=O)C1CCN(C(=O)c2cn(C)c3c(=O)n(-c4ccc(Cl)cc4)c(=O)[nH]c23)CC1. The lowest BCUT2D eigenvalue weighted by Gasteiger charge is -2.30. The summed E-state index contributed by atoms with van der Waals surface area (Å²) in [6.07, 6.45) is 2.55. The second kappa shape index (κ2) is 8.07. The number of aryl methyl sites for hydroxylation is 1. The van der Waals surface area contributed by atoms with Crippen LogP contribution in [0, 0.1) is 5.92 Å². The first kappa shape index (κ1) is 20.9. The van der Waals surface area contributed by atoms with Crippen LogP contribution in [0.5, 0.6) is 0 Å². The number of amides is 1. The lowest BCUT2D eigenvalue weighted by atomic mass is 9.96. The number of carbonyl (C=O) groups excluding carboxylic acids is 2. The third kappa shape index (κ3) is 3.65. The smallest absolute Gasteiger partial charge is 0.333 e. The van der Waals surface area contributed by atoms with Crippen molar-refractivity contribution >= 4 is 34.5 Å². The Morgan fingerprint density at radius 3 is 2.39 bits per heavy atom. The molecule has 0 spiro atoms. The van der Waals surface area contributed by atoms with E-state index in [1.54, 1.807) is 42.4 Å². The van der Waals surface area contributed by atoms with Crippen molar-refractivity contribution in [3.63, 3.8) is 0 Å². The van der Waals surface area contributed by atoms with Crippen molar-refractivity contribution in [2.45, 2.75) is 12.8 Å². The van der Waals surface area contributed by atoms with Crippen molar-refractivity contribution in [3.05, 3.63) is 61.9 Å². The molecule has 31 heavy (non-hydrogen) atoms. The number of aromatic nitrogens is 3. The monoisotopic (exact) mass is 444 g/mol. The van der Waals surface area contributed by atoms with Gasteiger partial charge >= 0.3 is 11.7 Å². The number of halogens is 1. The van der Waals surface area contributed by atoms with E-state index in [0.29, 0.717) is 36.6 Å².